The van der Waals surface area contributed by atoms with Crippen molar-refractivity contribution in [3.63, 3.8) is 0 Å². The third kappa shape index (κ3) is 1.25. The molecule has 72 valence electrons. The maximum Gasteiger partial charge on any atom is 0.0396 e. The molecule has 0 fully saturated rings. The lowest BCUT2D eigenvalue weighted by Gasteiger charge is -2.01. The van der Waals surface area contributed by atoms with Gasteiger partial charge >= 0.3 is 0 Å². The van der Waals surface area contributed by atoms with Crippen LogP contribution in [0.15, 0.2) is 24.3 Å². The van der Waals surface area contributed by atoms with Crippen LogP contribution in [0.4, 0.5) is 5.69 Å². The van der Waals surface area contributed by atoms with Crippen LogP contribution in [-0.4, -0.2) is 0 Å². The summed E-state index contributed by atoms with van der Waals surface area (Å²) in [6, 6.07) is 8.48. The monoisotopic (exact) mass is 185 g/mol. The van der Waals surface area contributed by atoms with E-state index in [1.54, 1.807) is 0 Å². The van der Waals surface area contributed by atoms with E-state index in [1.807, 2.05) is 6.07 Å². The zero-order valence-electron chi connectivity index (χ0n) is 8.89. The molecule has 0 heterocycles. The van der Waals surface area contributed by atoms with E-state index in [0.717, 1.165) is 5.69 Å². The molecule has 0 aromatic rings. The van der Waals surface area contributed by atoms with Gasteiger partial charge in [0.05, 0.1) is 0 Å². The van der Waals surface area contributed by atoms with Crippen molar-refractivity contribution in [1.82, 2.24) is 0 Å². The molecule has 2 N–H and O–H groups in total. The first-order chi connectivity index (χ1) is 6.59. The highest BCUT2D eigenvalue weighted by atomic mass is 14.6. The average molecular weight is 185 g/mol. The predicted octanol–water partition coefficient (Wildman–Crippen LogP) is 3.30. The highest BCUT2D eigenvalue weighted by Gasteiger charge is 2.11. The molecule has 0 aromatic carbocycles. The van der Waals surface area contributed by atoms with Crippen LogP contribution in [0, 0.1) is 20.8 Å². The van der Waals surface area contributed by atoms with E-state index in [4.69, 9.17) is 5.73 Å². The summed E-state index contributed by atoms with van der Waals surface area (Å²) in [5.74, 6) is 0. The molecule has 0 unspecified atom stereocenters. The second-order valence-corrected chi connectivity index (χ2v) is 3.98. The number of aryl methyl sites for hydroxylation is 3. The Morgan fingerprint density at radius 1 is 0.929 bits per heavy atom. The fraction of sp³-hybridized carbons (Fsp3) is 0.231. The molecule has 0 saturated carbocycles. The van der Waals surface area contributed by atoms with Crippen LogP contribution in [-0.2, 0) is 0 Å². The first-order valence-corrected chi connectivity index (χ1v) is 4.85. The number of nitrogens with two attached hydrogens (primary N) is 1. The van der Waals surface area contributed by atoms with Crippen molar-refractivity contribution in [1.29, 1.82) is 0 Å². The Bertz CT molecular complexity index is 458. The summed E-state index contributed by atoms with van der Waals surface area (Å²) in [4.78, 5) is 0. The van der Waals surface area contributed by atoms with Gasteiger partial charge in [0.1, 0.15) is 0 Å². The van der Waals surface area contributed by atoms with E-state index >= 15 is 0 Å². The fourth-order valence-electron chi connectivity index (χ4n) is 2.14. The molecule has 0 aromatic heterocycles. The molecule has 1 heteroatoms. The van der Waals surface area contributed by atoms with Gasteiger partial charge in [0.25, 0.3) is 0 Å². The zero-order chi connectivity index (χ0) is 10.3. The Morgan fingerprint density at radius 3 is 2.29 bits per heavy atom. The Labute approximate surface area is 84.9 Å². The lowest BCUT2D eigenvalue weighted by atomic mass is 10.0. The summed E-state index contributed by atoms with van der Waals surface area (Å²) in [5, 5.41) is 0. The van der Waals surface area contributed by atoms with Crippen molar-refractivity contribution in [2.75, 3.05) is 5.73 Å². The van der Waals surface area contributed by atoms with Crippen LogP contribution in [0.2, 0.25) is 0 Å². The Balaban J connectivity index is 2.88. The summed E-state index contributed by atoms with van der Waals surface area (Å²) >= 11 is 0. The largest absolute Gasteiger partial charge is 0.398 e. The Kier molecular flexibility index (Phi) is 1.95. The van der Waals surface area contributed by atoms with E-state index in [2.05, 4.69) is 39.0 Å². The minimum atomic E-state index is 0.885. The van der Waals surface area contributed by atoms with Crippen molar-refractivity contribution in [3.8, 4) is 11.1 Å². The standard InChI is InChI=1S/C13H15N/c1-8-6-9(2)11-4-5-12(14)13(11)10(3)7-8/h4-7H,14H2,1-3H3. The number of nitrogen functional groups attached to an aromatic ring is 1. The highest BCUT2D eigenvalue weighted by molar-refractivity contribution is 5.84. The number of fused-ring (bicyclic) bond motifs is 1. The average Bonchev–Trinajstić information content (AvgIpc) is 2.41. The van der Waals surface area contributed by atoms with Crippen molar-refractivity contribution >= 4 is 5.69 Å². The molecule has 14 heavy (non-hydrogen) atoms. The molecule has 2 aliphatic rings. The van der Waals surface area contributed by atoms with Crippen molar-refractivity contribution in [2.24, 2.45) is 0 Å². The van der Waals surface area contributed by atoms with Gasteiger partial charge in [-0.15, -0.1) is 0 Å². The maximum absolute atomic E-state index is 5.95. The smallest absolute Gasteiger partial charge is 0.0396 e. The molecule has 0 spiro atoms. The van der Waals surface area contributed by atoms with Gasteiger partial charge in [-0.2, -0.15) is 0 Å². The first kappa shape index (κ1) is 9.07. The highest BCUT2D eigenvalue weighted by Crippen LogP contribution is 2.35. The van der Waals surface area contributed by atoms with Gasteiger partial charge in [0, 0.05) is 11.3 Å². The lowest BCUT2D eigenvalue weighted by molar-refractivity contribution is 1.42. The first-order valence-electron chi connectivity index (χ1n) is 4.85. The summed E-state index contributed by atoms with van der Waals surface area (Å²) < 4.78 is 0. The maximum atomic E-state index is 5.95. The minimum Gasteiger partial charge on any atom is -0.398 e. The van der Waals surface area contributed by atoms with Crippen molar-refractivity contribution in [2.45, 2.75) is 20.8 Å². The van der Waals surface area contributed by atoms with E-state index in [9.17, 15) is 0 Å². The fourth-order valence-corrected chi connectivity index (χ4v) is 2.14. The number of rotatable bonds is 0. The van der Waals surface area contributed by atoms with Crippen LogP contribution in [0.25, 0.3) is 11.1 Å². The summed E-state index contributed by atoms with van der Waals surface area (Å²) in [7, 11) is 0. The van der Waals surface area contributed by atoms with Crippen LogP contribution < -0.4 is 5.73 Å². The summed E-state index contributed by atoms with van der Waals surface area (Å²) in [5.41, 5.74) is 13.2. The minimum absolute atomic E-state index is 0.885. The van der Waals surface area contributed by atoms with Crippen LogP contribution in [0.1, 0.15) is 16.7 Å². The van der Waals surface area contributed by atoms with Gasteiger partial charge in [-0.05, 0) is 43.5 Å². The quantitative estimate of drug-likeness (QED) is 0.669. The third-order valence-corrected chi connectivity index (χ3v) is 2.70. The van der Waals surface area contributed by atoms with Gasteiger partial charge in [-0.25, -0.2) is 0 Å². The number of hydrogen-bond acceptors (Lipinski definition) is 1. The van der Waals surface area contributed by atoms with E-state index in [1.165, 1.54) is 27.8 Å². The predicted molar refractivity (Wildman–Crippen MR) is 61.7 cm³/mol. The molecule has 0 atom stereocenters. The molecule has 0 radical (unpaired) electrons. The molecule has 0 bridgehead atoms. The molecule has 0 amide bonds. The van der Waals surface area contributed by atoms with Gasteiger partial charge in [0.15, 0.2) is 0 Å². The number of hydrogen-bond donors (Lipinski definition) is 1. The van der Waals surface area contributed by atoms with Gasteiger partial charge in [-0.1, -0.05) is 23.8 Å². The lowest BCUT2D eigenvalue weighted by Crippen LogP contribution is -1.85. The van der Waals surface area contributed by atoms with Gasteiger partial charge in [0.2, 0.25) is 0 Å². The molecular weight excluding hydrogens is 170 g/mol. The summed E-state index contributed by atoms with van der Waals surface area (Å²) in [6.07, 6.45) is 0. The molecule has 0 saturated heterocycles. The van der Waals surface area contributed by atoms with Gasteiger partial charge in [-0.3, -0.25) is 0 Å². The Hall–Kier alpha value is -1.50. The van der Waals surface area contributed by atoms with Gasteiger partial charge < -0.3 is 5.73 Å². The van der Waals surface area contributed by atoms with E-state index < -0.39 is 0 Å². The zero-order valence-corrected chi connectivity index (χ0v) is 8.89. The molecule has 1 nitrogen and oxygen atoms in total. The normalized spacial score (nSPS) is 10.8. The SMILES string of the molecule is Cc1cc(C)c2ccc(N)c-2c(C)c1. The van der Waals surface area contributed by atoms with Crippen LogP contribution in [0.3, 0.4) is 0 Å². The van der Waals surface area contributed by atoms with Crippen molar-refractivity contribution < 1.29 is 0 Å². The van der Waals surface area contributed by atoms with Crippen LogP contribution >= 0.6 is 0 Å². The topological polar surface area (TPSA) is 26.0 Å². The van der Waals surface area contributed by atoms with Crippen LogP contribution in [0.5, 0.6) is 0 Å². The molecule has 0 aliphatic heterocycles. The van der Waals surface area contributed by atoms with Crippen molar-refractivity contribution in [3.05, 3.63) is 41.0 Å². The molecule has 2 aliphatic carbocycles. The third-order valence-electron chi connectivity index (χ3n) is 2.70. The second kappa shape index (κ2) is 3.02. The molecular formula is C13H15N. The second-order valence-electron chi connectivity index (χ2n) is 3.98. The number of anilines is 1. The van der Waals surface area contributed by atoms with E-state index in [-0.39, 0.29) is 0 Å². The van der Waals surface area contributed by atoms with E-state index in [0.29, 0.717) is 0 Å². The molecule has 2 rings (SSSR count). The Morgan fingerprint density at radius 2 is 1.57 bits per heavy atom. The summed E-state index contributed by atoms with van der Waals surface area (Å²) in [6.45, 7) is 6.37.